The van der Waals surface area contributed by atoms with Crippen molar-refractivity contribution in [1.82, 2.24) is 4.90 Å². The van der Waals surface area contributed by atoms with Gasteiger partial charge in [0.25, 0.3) is 0 Å². The average molecular weight is 271 g/mol. The van der Waals surface area contributed by atoms with Gasteiger partial charge in [0.2, 0.25) is 5.91 Å². The van der Waals surface area contributed by atoms with E-state index in [2.05, 4.69) is 4.74 Å². The summed E-state index contributed by atoms with van der Waals surface area (Å²) in [6.45, 7) is 5.59. The van der Waals surface area contributed by atoms with Gasteiger partial charge < -0.3 is 14.4 Å². The number of rotatable bonds is 6. The van der Waals surface area contributed by atoms with Crippen LogP contribution in [-0.4, -0.2) is 49.7 Å². The van der Waals surface area contributed by atoms with Crippen LogP contribution < -0.4 is 0 Å². The fourth-order valence-corrected chi connectivity index (χ4v) is 2.13. The van der Waals surface area contributed by atoms with Crippen LogP contribution in [0.5, 0.6) is 0 Å². The van der Waals surface area contributed by atoms with E-state index in [0.717, 1.165) is 19.3 Å². The molecule has 19 heavy (non-hydrogen) atoms. The minimum absolute atomic E-state index is 0.0526. The van der Waals surface area contributed by atoms with E-state index in [9.17, 15) is 9.59 Å². The van der Waals surface area contributed by atoms with Crippen LogP contribution in [0.3, 0.4) is 0 Å². The van der Waals surface area contributed by atoms with Gasteiger partial charge in [-0.1, -0.05) is 6.92 Å². The number of piperidine rings is 1. The van der Waals surface area contributed by atoms with Gasteiger partial charge in [-0.15, -0.1) is 0 Å². The lowest BCUT2D eigenvalue weighted by atomic mass is 9.93. The second kappa shape index (κ2) is 8.15. The van der Waals surface area contributed by atoms with Crippen molar-refractivity contribution in [1.29, 1.82) is 0 Å². The lowest BCUT2D eigenvalue weighted by Crippen LogP contribution is -2.41. The Morgan fingerprint density at radius 3 is 2.47 bits per heavy atom. The summed E-state index contributed by atoms with van der Waals surface area (Å²) in [6.07, 6.45) is 3.23. The molecule has 0 aromatic rings. The van der Waals surface area contributed by atoms with Crippen molar-refractivity contribution in [2.24, 2.45) is 5.92 Å². The third kappa shape index (κ3) is 5.59. The molecule has 0 aliphatic carbocycles. The summed E-state index contributed by atoms with van der Waals surface area (Å²) in [5.41, 5.74) is 0. The molecule has 5 nitrogen and oxygen atoms in total. The Balaban J connectivity index is 2.25. The van der Waals surface area contributed by atoms with Crippen LogP contribution >= 0.6 is 0 Å². The summed E-state index contributed by atoms with van der Waals surface area (Å²) in [7, 11) is 1.41. The Kier molecular flexibility index (Phi) is 6.84. The standard InChI is InChI=1S/C14H25NO4/c1-4-11(2)19-10-13(16)15-7-5-12(6-8-15)9-14(17)18-3/h11-12H,4-10H2,1-3H3. The zero-order valence-electron chi connectivity index (χ0n) is 12.2. The maximum atomic E-state index is 11.9. The minimum Gasteiger partial charge on any atom is -0.469 e. The van der Waals surface area contributed by atoms with Crippen LogP contribution in [-0.2, 0) is 19.1 Å². The molecule has 0 aromatic heterocycles. The fourth-order valence-electron chi connectivity index (χ4n) is 2.13. The molecule has 110 valence electrons. The molecule has 1 saturated heterocycles. The normalized spacial score (nSPS) is 18.2. The van der Waals surface area contributed by atoms with E-state index in [4.69, 9.17) is 4.74 Å². The maximum absolute atomic E-state index is 11.9. The van der Waals surface area contributed by atoms with Gasteiger partial charge >= 0.3 is 5.97 Å². The Morgan fingerprint density at radius 1 is 1.32 bits per heavy atom. The number of esters is 1. The molecule has 1 amide bonds. The number of carbonyl (C=O) groups is 2. The maximum Gasteiger partial charge on any atom is 0.305 e. The van der Waals surface area contributed by atoms with Crippen molar-refractivity contribution in [3.05, 3.63) is 0 Å². The smallest absolute Gasteiger partial charge is 0.305 e. The molecule has 1 aliphatic rings. The monoisotopic (exact) mass is 271 g/mol. The van der Waals surface area contributed by atoms with Crippen LogP contribution in [0.1, 0.15) is 39.5 Å². The van der Waals surface area contributed by atoms with E-state index >= 15 is 0 Å². The summed E-state index contributed by atoms with van der Waals surface area (Å²) in [4.78, 5) is 24.9. The number of likely N-dealkylation sites (tertiary alicyclic amines) is 1. The molecule has 0 radical (unpaired) electrons. The molecular weight excluding hydrogens is 246 g/mol. The highest BCUT2D eigenvalue weighted by atomic mass is 16.5. The Hall–Kier alpha value is -1.10. The van der Waals surface area contributed by atoms with Crippen LogP contribution in [0.4, 0.5) is 0 Å². The fraction of sp³-hybridized carbons (Fsp3) is 0.857. The van der Waals surface area contributed by atoms with Crippen molar-refractivity contribution in [2.75, 3.05) is 26.8 Å². The van der Waals surface area contributed by atoms with Crippen molar-refractivity contribution in [3.8, 4) is 0 Å². The summed E-state index contributed by atoms with van der Waals surface area (Å²) >= 11 is 0. The molecule has 0 bridgehead atoms. The predicted octanol–water partition coefficient (Wildman–Crippen LogP) is 1.60. The van der Waals surface area contributed by atoms with Crippen molar-refractivity contribution in [2.45, 2.75) is 45.6 Å². The van der Waals surface area contributed by atoms with Gasteiger partial charge in [-0.25, -0.2) is 0 Å². The number of nitrogens with zero attached hydrogens (tertiary/aromatic N) is 1. The van der Waals surface area contributed by atoms with Gasteiger partial charge in [0, 0.05) is 19.5 Å². The van der Waals surface area contributed by atoms with Crippen molar-refractivity contribution < 1.29 is 19.1 Å². The highest BCUT2D eigenvalue weighted by Gasteiger charge is 2.24. The molecule has 0 saturated carbocycles. The number of hydrogen-bond donors (Lipinski definition) is 0. The summed E-state index contributed by atoms with van der Waals surface area (Å²) < 4.78 is 10.1. The number of carbonyl (C=O) groups excluding carboxylic acids is 2. The molecule has 1 heterocycles. The zero-order chi connectivity index (χ0) is 14.3. The lowest BCUT2D eigenvalue weighted by Gasteiger charge is -2.31. The number of amides is 1. The Bertz CT molecular complexity index is 298. The highest BCUT2D eigenvalue weighted by molar-refractivity contribution is 5.77. The SMILES string of the molecule is CCC(C)OCC(=O)N1CCC(CC(=O)OC)CC1. The minimum atomic E-state index is -0.162. The first kappa shape index (κ1) is 16.0. The molecule has 1 unspecified atom stereocenters. The van der Waals surface area contributed by atoms with Crippen LogP contribution in [0.25, 0.3) is 0 Å². The molecule has 1 atom stereocenters. The van der Waals surface area contributed by atoms with Crippen LogP contribution in [0, 0.1) is 5.92 Å². The highest BCUT2D eigenvalue weighted by Crippen LogP contribution is 2.21. The van der Waals surface area contributed by atoms with Crippen LogP contribution in [0.2, 0.25) is 0 Å². The first-order valence-electron chi connectivity index (χ1n) is 7.03. The largest absolute Gasteiger partial charge is 0.469 e. The molecule has 0 N–H and O–H groups in total. The average Bonchev–Trinajstić information content (AvgIpc) is 2.44. The summed E-state index contributed by atoms with van der Waals surface area (Å²) in [5, 5.41) is 0. The molecule has 1 fully saturated rings. The predicted molar refractivity (Wildman–Crippen MR) is 71.6 cm³/mol. The molecular formula is C14H25NO4. The molecule has 1 aliphatic heterocycles. The zero-order valence-corrected chi connectivity index (χ0v) is 12.2. The second-order valence-corrected chi connectivity index (χ2v) is 5.13. The summed E-state index contributed by atoms with van der Waals surface area (Å²) in [5.74, 6) is 0.230. The van der Waals surface area contributed by atoms with Gasteiger partial charge in [0.1, 0.15) is 6.61 Å². The number of hydrogen-bond acceptors (Lipinski definition) is 4. The Labute approximate surface area is 115 Å². The number of ether oxygens (including phenoxy) is 2. The van der Waals surface area contributed by atoms with Gasteiger partial charge in [-0.2, -0.15) is 0 Å². The van der Waals surface area contributed by atoms with Gasteiger partial charge in [0.15, 0.2) is 0 Å². The van der Waals surface area contributed by atoms with E-state index < -0.39 is 0 Å². The van der Waals surface area contributed by atoms with Gasteiger partial charge in [0.05, 0.1) is 13.2 Å². The first-order valence-corrected chi connectivity index (χ1v) is 7.03. The lowest BCUT2D eigenvalue weighted by molar-refractivity contribution is -0.142. The van der Waals surface area contributed by atoms with E-state index in [1.54, 1.807) is 0 Å². The third-order valence-corrected chi connectivity index (χ3v) is 3.72. The van der Waals surface area contributed by atoms with Gasteiger partial charge in [-0.3, -0.25) is 9.59 Å². The molecule has 0 aromatic carbocycles. The van der Waals surface area contributed by atoms with Crippen LogP contribution in [0.15, 0.2) is 0 Å². The van der Waals surface area contributed by atoms with E-state index in [1.807, 2.05) is 18.7 Å². The molecule has 5 heteroatoms. The van der Waals surface area contributed by atoms with E-state index in [0.29, 0.717) is 25.4 Å². The first-order chi connectivity index (χ1) is 9.06. The summed E-state index contributed by atoms with van der Waals surface area (Å²) in [6, 6.07) is 0. The molecule has 0 spiro atoms. The quantitative estimate of drug-likeness (QED) is 0.689. The number of methoxy groups -OCH3 is 1. The van der Waals surface area contributed by atoms with Crippen molar-refractivity contribution >= 4 is 11.9 Å². The molecule has 1 rings (SSSR count). The third-order valence-electron chi connectivity index (χ3n) is 3.72. The second-order valence-electron chi connectivity index (χ2n) is 5.13. The van der Waals surface area contributed by atoms with Crippen molar-refractivity contribution in [3.63, 3.8) is 0 Å². The van der Waals surface area contributed by atoms with E-state index in [-0.39, 0.29) is 24.6 Å². The van der Waals surface area contributed by atoms with Gasteiger partial charge in [-0.05, 0) is 32.1 Å². The van der Waals surface area contributed by atoms with E-state index in [1.165, 1.54) is 7.11 Å². The topological polar surface area (TPSA) is 55.8 Å². The Morgan fingerprint density at radius 2 is 1.95 bits per heavy atom.